The number of fused-ring (bicyclic) bond motifs is 1. The van der Waals surface area contributed by atoms with Gasteiger partial charge in [0, 0.05) is 97.6 Å². The maximum atomic E-state index is 15.2. The number of aromatic nitrogens is 3. The smallest absolute Gasteiger partial charge is 0.303 e. The van der Waals surface area contributed by atoms with Crippen LogP contribution in [0.5, 0.6) is 5.75 Å². The lowest BCUT2D eigenvalue weighted by atomic mass is 10.00. The molecule has 129 heavy (non-hydrogen) atoms. The molecule has 15 unspecified atom stereocenters. The van der Waals surface area contributed by atoms with Crippen molar-refractivity contribution in [3.05, 3.63) is 84.1 Å². The highest BCUT2D eigenvalue weighted by Crippen LogP contribution is 2.28. The van der Waals surface area contributed by atoms with Crippen molar-refractivity contribution in [1.82, 2.24) is 73.0 Å². The molecule has 34 nitrogen and oxygen atoms in total. The number of carbonyl (C=O) groups excluding carboxylic acids is 12. The van der Waals surface area contributed by atoms with Crippen molar-refractivity contribution in [2.24, 2.45) is 28.1 Å². The lowest BCUT2D eigenvalue weighted by molar-refractivity contribution is -0.142. The average molecular weight is 1950 g/mol. The lowest BCUT2D eigenvalue weighted by Gasteiger charge is -2.30. The van der Waals surface area contributed by atoms with E-state index in [0.717, 1.165) is 79.8 Å². The third kappa shape index (κ3) is 45.6. The second-order valence-corrected chi connectivity index (χ2v) is 40.1. The number of aliphatic carboxylic acids is 1. The zero-order valence-electron chi connectivity index (χ0n) is 74.6. The summed E-state index contributed by atoms with van der Waals surface area (Å²) in [5.74, 6) is -2.81. The number of guanidine groups is 1. The summed E-state index contributed by atoms with van der Waals surface area (Å²) in [7, 11) is 11.1. The van der Waals surface area contributed by atoms with Gasteiger partial charge < -0.3 is 101 Å². The van der Waals surface area contributed by atoms with E-state index < -0.39 is 133 Å². The Morgan fingerprint density at radius 2 is 1.12 bits per heavy atom. The SMILES string of the molecule is CC(C)CC(NC(=O)C(CCCCNC(=O)CCCCC(CCSCCCP)SCCCP)NC(=O)C(Cc1ccc(O)cc1)NC(=O)C(CO)NC(=O)C(Cc1c[nH]c2ccccc12)NC(=O)C(Cc1cnc[nH]1)NC(=O)C1CCC(=O)N1)C(=O)NC(CCCN=C(N)N)C(=O)N1CCCC1C(=O)NCC(N)=O.O=C(O)CCCCC(CCSCCCP)SCCCP. The van der Waals surface area contributed by atoms with Crippen LogP contribution < -0.4 is 70.4 Å². The standard InChI is InChI=1S/C73H112N18O14P2S2.C14H30O2P2S2/c1-44(2)35-55(66(99)85-54(17-9-28-79-73(75)76)72(105)91-29-10-18-60(91)71(104)81-41-61(74)94)86-64(97)52(16-7-8-27-78-62(95)19-6-3-13-49(109-33-12-31-107)26-34-108-32-11-30-106)84-67(100)56(36-45-20-22-48(93)23-21-45)87-70(103)59(42-92)90-68(101)57(37-46-39-80-51-15-5-4-14-50(46)51)88-69(102)58(38-47-40-77-43-82-47)89-65(98)53-24-25-63(96)83-53;15-14(16)6-2-1-5-13(20-11-4-9-18)7-12-19-10-3-8-17/h4-5,14-15,20-23,39-40,43-44,49,52-60,80,92-93H,3,6-13,16-19,24-38,41-42,106-107H2,1-2H3,(H2,74,94)(H,77,82)(H,78,95)(H,81,104)(H,83,96)(H,84,100)(H,85,99)(H,86,97)(H,87,103)(H,88,102)(H,89,98)(H,90,101)(H4,75,76,79);13H,1-12,17-18H2,(H,15,16). The van der Waals surface area contributed by atoms with Crippen LogP contribution in [0.3, 0.4) is 0 Å². The molecule has 21 N–H and O–H groups in total. The number of nitrogens with two attached hydrogens (primary N) is 3. The van der Waals surface area contributed by atoms with Crippen LogP contribution in [0.4, 0.5) is 0 Å². The molecule has 12 amide bonds. The van der Waals surface area contributed by atoms with Crippen molar-refractivity contribution >= 4 is 178 Å². The number of aliphatic imine (C=N–C) groups is 1. The van der Waals surface area contributed by atoms with Gasteiger partial charge in [0.1, 0.15) is 60.1 Å². The Labute approximate surface area is 785 Å². The minimum absolute atomic E-state index is 0.0138. The summed E-state index contributed by atoms with van der Waals surface area (Å²) >= 11 is 8.14. The van der Waals surface area contributed by atoms with Gasteiger partial charge in [-0.2, -0.15) is 47.0 Å². The number of hydrogen-bond acceptors (Lipinski definition) is 21. The van der Waals surface area contributed by atoms with Gasteiger partial charge in [0.2, 0.25) is 70.9 Å². The van der Waals surface area contributed by atoms with Crippen LogP contribution >= 0.6 is 84.0 Å². The van der Waals surface area contributed by atoms with Gasteiger partial charge in [0.05, 0.1) is 19.5 Å². The molecule has 720 valence electrons. The van der Waals surface area contributed by atoms with Crippen molar-refractivity contribution in [1.29, 1.82) is 0 Å². The second-order valence-electron chi connectivity index (χ2n) is 32.5. The van der Waals surface area contributed by atoms with Crippen LogP contribution in [-0.2, 0) is 81.6 Å². The van der Waals surface area contributed by atoms with Crippen LogP contribution in [0.25, 0.3) is 10.9 Å². The molecule has 2 aliphatic rings. The molecule has 4 heterocycles. The number of hydrogen-bond donors (Lipinski definition) is 18. The first-order valence-corrected chi connectivity index (χ1v) is 52.7. The van der Waals surface area contributed by atoms with Gasteiger partial charge in [-0.15, -0.1) is 37.0 Å². The summed E-state index contributed by atoms with van der Waals surface area (Å²) in [6.45, 7) is 2.52. The van der Waals surface area contributed by atoms with E-state index in [1.165, 1.54) is 97.0 Å². The van der Waals surface area contributed by atoms with Gasteiger partial charge in [0.15, 0.2) is 5.96 Å². The third-order valence-corrected chi connectivity index (χ3v) is 28.2. The molecule has 2 aromatic carbocycles. The summed E-state index contributed by atoms with van der Waals surface area (Å²) < 4.78 is 0. The van der Waals surface area contributed by atoms with E-state index in [9.17, 15) is 63.0 Å². The second kappa shape index (κ2) is 65.1. The number of aromatic hydroxyl groups is 1. The number of amides is 12. The topological polar surface area (TPSA) is 541 Å². The molecule has 2 aromatic heterocycles. The molecule has 0 radical (unpaired) electrons. The fourth-order valence-electron chi connectivity index (χ4n) is 14.5. The number of nitrogens with zero attached hydrogens (tertiary/aromatic N) is 3. The predicted molar refractivity (Wildman–Crippen MR) is 529 cm³/mol. The largest absolute Gasteiger partial charge is 0.508 e. The first-order chi connectivity index (χ1) is 62.1. The number of nitrogens with one attached hydrogen (secondary N) is 12. The lowest BCUT2D eigenvalue weighted by Crippen LogP contribution is -2.61. The van der Waals surface area contributed by atoms with Crippen molar-refractivity contribution in [2.45, 2.75) is 252 Å². The number of thioether (sulfide) groups is 4. The molecule has 4 aromatic rings. The molecule has 2 aliphatic heterocycles. The van der Waals surface area contributed by atoms with E-state index in [4.69, 9.17) is 22.3 Å². The third-order valence-electron chi connectivity index (χ3n) is 21.4. The van der Waals surface area contributed by atoms with E-state index in [0.29, 0.717) is 65.1 Å². The number of carboxylic acids is 1. The summed E-state index contributed by atoms with van der Waals surface area (Å²) in [4.78, 5) is 193. The number of phenols is 1. The number of para-hydroxylation sites is 1. The summed E-state index contributed by atoms with van der Waals surface area (Å²) in [6, 6.07) is 0.591. The van der Waals surface area contributed by atoms with Crippen molar-refractivity contribution < 1.29 is 77.6 Å². The summed E-state index contributed by atoms with van der Waals surface area (Å²) in [5, 5.41) is 58.9. The number of rotatable bonds is 66. The number of primary amides is 1. The molecular formula is C87H142N18O16P4S4. The number of aromatic amines is 2. The molecular weight excluding hydrogens is 1810 g/mol. The summed E-state index contributed by atoms with van der Waals surface area (Å²) in [5.41, 5.74) is 18.6. The number of phenolic OH excluding ortho intramolecular Hbond substituents is 1. The highest BCUT2D eigenvalue weighted by molar-refractivity contribution is 8.00. The normalized spacial score (nSPS) is 15.7. The Morgan fingerprint density at radius 3 is 1.71 bits per heavy atom. The van der Waals surface area contributed by atoms with Gasteiger partial charge in [-0.3, -0.25) is 67.3 Å². The Bertz CT molecular complexity index is 4110. The molecule has 0 aliphatic carbocycles. The van der Waals surface area contributed by atoms with Crippen LogP contribution in [0.1, 0.15) is 185 Å². The zero-order chi connectivity index (χ0) is 94.3. The number of aliphatic hydroxyl groups excluding tert-OH is 1. The molecule has 2 saturated heterocycles. The fourth-order valence-corrected chi connectivity index (χ4v) is 21.4. The zero-order valence-corrected chi connectivity index (χ0v) is 82.5. The van der Waals surface area contributed by atoms with E-state index >= 15 is 9.59 Å². The maximum Gasteiger partial charge on any atom is 0.303 e. The van der Waals surface area contributed by atoms with Crippen molar-refractivity contribution in [3.8, 4) is 5.75 Å². The van der Waals surface area contributed by atoms with E-state index in [1.807, 2.05) is 23.5 Å². The monoisotopic (exact) mass is 1950 g/mol. The average Bonchev–Trinajstić information content (AvgIpc) is 1.60. The highest BCUT2D eigenvalue weighted by Gasteiger charge is 2.41. The number of carbonyl (C=O) groups is 13. The predicted octanol–water partition coefficient (Wildman–Crippen LogP) is 4.97. The van der Waals surface area contributed by atoms with Crippen LogP contribution in [0.2, 0.25) is 0 Å². The molecule has 15 atom stereocenters. The van der Waals surface area contributed by atoms with Gasteiger partial charge in [0.25, 0.3) is 0 Å². The van der Waals surface area contributed by atoms with Crippen molar-refractivity contribution in [3.63, 3.8) is 0 Å². The number of unbranched alkanes of at least 4 members (excludes halogenated alkanes) is 3. The van der Waals surface area contributed by atoms with Gasteiger partial charge in [-0.1, -0.05) is 57.0 Å². The number of H-pyrrole nitrogens is 2. The quantitative estimate of drug-likeness (QED) is 0.0120. The molecule has 42 heteroatoms. The van der Waals surface area contributed by atoms with Gasteiger partial charge >= 0.3 is 5.97 Å². The van der Waals surface area contributed by atoms with Crippen molar-refractivity contribution in [2.75, 3.05) is 92.0 Å². The fraction of sp³-hybridized carbons (Fsp3) is 0.644. The number of imidazole rings is 1. The first-order valence-electron chi connectivity index (χ1n) is 45.0. The van der Waals surface area contributed by atoms with E-state index in [1.54, 1.807) is 44.3 Å². The van der Waals surface area contributed by atoms with E-state index in [2.05, 4.69) is 134 Å². The number of likely N-dealkylation sites (tertiary alicyclic amines) is 1. The minimum atomic E-state index is -1.81. The molecule has 0 bridgehead atoms. The first kappa shape index (κ1) is 112. The number of aliphatic hydroxyl groups is 1. The number of carboxylic acid groups (broad SMARTS) is 1. The Morgan fingerprint density at radius 1 is 0.574 bits per heavy atom. The highest BCUT2D eigenvalue weighted by atomic mass is 32.2. The van der Waals surface area contributed by atoms with Crippen LogP contribution in [0.15, 0.2) is 72.2 Å². The molecule has 0 spiro atoms. The van der Waals surface area contributed by atoms with Gasteiger partial charge in [-0.05, 0) is 216 Å². The molecule has 0 saturated carbocycles. The Hall–Kier alpha value is -7.55. The Kier molecular flexibility index (Phi) is 56.5. The van der Waals surface area contributed by atoms with E-state index in [-0.39, 0.29) is 120 Å². The van der Waals surface area contributed by atoms with Crippen LogP contribution in [0, 0.1) is 5.92 Å². The number of benzene rings is 2. The Balaban J connectivity index is 0.00000130. The summed E-state index contributed by atoms with van der Waals surface area (Å²) in [6.07, 6.45) is 23.5. The molecule has 6 rings (SSSR count). The minimum Gasteiger partial charge on any atom is -0.508 e. The molecule has 2 fully saturated rings. The maximum absolute atomic E-state index is 15.2. The van der Waals surface area contributed by atoms with Crippen LogP contribution in [-0.4, -0.2) is 275 Å². The van der Waals surface area contributed by atoms with Gasteiger partial charge in [-0.25, -0.2) is 4.98 Å².